The Labute approximate surface area is 175 Å². The van der Waals surface area contributed by atoms with Crippen molar-refractivity contribution in [2.45, 2.75) is 38.5 Å². The Morgan fingerprint density at radius 1 is 1.00 bits per heavy atom. The molecule has 0 spiro atoms. The van der Waals surface area contributed by atoms with Gasteiger partial charge in [-0.25, -0.2) is 0 Å². The fraction of sp³-hybridized carbons (Fsp3) is 0.292. The van der Waals surface area contributed by atoms with Crippen LogP contribution >= 0.6 is 0 Å². The van der Waals surface area contributed by atoms with Crippen LogP contribution < -0.4 is 10.2 Å². The molecule has 0 heterocycles. The number of methoxy groups -OCH3 is 1. The monoisotopic (exact) mass is 406 g/mol. The van der Waals surface area contributed by atoms with Crippen LogP contribution in [0.15, 0.2) is 59.7 Å². The minimum atomic E-state index is -0.552. The SMILES string of the molecule is COc1ccc(C(CCCCC(=O)N[O-])C2=C(C)C(=O)c3ccccc3C2=O)cc1. The Kier molecular flexibility index (Phi) is 6.79. The Bertz CT molecular complexity index is 991. The van der Waals surface area contributed by atoms with E-state index in [-0.39, 0.29) is 23.9 Å². The second kappa shape index (κ2) is 9.50. The number of carbonyl (C=O) groups excluding carboxylic acids is 3. The third kappa shape index (κ3) is 4.33. The first-order valence-corrected chi connectivity index (χ1v) is 9.92. The van der Waals surface area contributed by atoms with Crippen molar-refractivity contribution in [1.29, 1.82) is 0 Å². The summed E-state index contributed by atoms with van der Waals surface area (Å²) in [5, 5.41) is 10.4. The molecular weight excluding hydrogens is 382 g/mol. The van der Waals surface area contributed by atoms with Gasteiger partial charge < -0.3 is 15.4 Å². The summed E-state index contributed by atoms with van der Waals surface area (Å²) >= 11 is 0. The van der Waals surface area contributed by atoms with Gasteiger partial charge in [-0.1, -0.05) is 42.8 Å². The predicted octanol–water partition coefficient (Wildman–Crippen LogP) is 4.35. The summed E-state index contributed by atoms with van der Waals surface area (Å²) < 4.78 is 5.23. The zero-order valence-electron chi connectivity index (χ0n) is 17.1. The van der Waals surface area contributed by atoms with Crippen molar-refractivity contribution in [2.75, 3.05) is 7.11 Å². The van der Waals surface area contributed by atoms with Crippen molar-refractivity contribution in [3.63, 3.8) is 0 Å². The van der Waals surface area contributed by atoms with Gasteiger partial charge in [-0.05, 0) is 37.5 Å². The molecule has 30 heavy (non-hydrogen) atoms. The number of benzene rings is 2. The summed E-state index contributed by atoms with van der Waals surface area (Å²) in [6, 6.07) is 14.3. The van der Waals surface area contributed by atoms with Crippen LogP contribution in [-0.4, -0.2) is 24.6 Å². The van der Waals surface area contributed by atoms with Crippen LogP contribution in [0.4, 0.5) is 0 Å². The number of amides is 1. The van der Waals surface area contributed by atoms with Gasteiger partial charge in [-0.15, -0.1) is 0 Å². The summed E-state index contributed by atoms with van der Waals surface area (Å²) in [5.41, 5.74) is 4.09. The first kappa shape index (κ1) is 21.5. The van der Waals surface area contributed by atoms with Crippen LogP contribution in [0.1, 0.15) is 64.8 Å². The molecular formula is C24H24NO5-. The van der Waals surface area contributed by atoms with E-state index in [1.54, 1.807) is 38.3 Å². The van der Waals surface area contributed by atoms with E-state index in [0.29, 0.717) is 47.3 Å². The van der Waals surface area contributed by atoms with Gasteiger partial charge in [-0.2, -0.15) is 0 Å². The highest BCUT2D eigenvalue weighted by atomic mass is 16.5. The zero-order chi connectivity index (χ0) is 21.7. The second-order valence-corrected chi connectivity index (χ2v) is 7.34. The minimum absolute atomic E-state index is 0.132. The van der Waals surface area contributed by atoms with Crippen LogP contribution in [0.3, 0.4) is 0 Å². The van der Waals surface area contributed by atoms with E-state index in [4.69, 9.17) is 4.74 Å². The number of allylic oxidation sites excluding steroid dienone is 2. The molecule has 0 aromatic heterocycles. The fourth-order valence-corrected chi connectivity index (χ4v) is 3.94. The van der Waals surface area contributed by atoms with Gasteiger partial charge in [0.2, 0.25) is 5.91 Å². The number of hydrogen-bond acceptors (Lipinski definition) is 5. The lowest BCUT2D eigenvalue weighted by Gasteiger charge is -2.26. The van der Waals surface area contributed by atoms with Gasteiger partial charge in [-0.3, -0.25) is 14.4 Å². The van der Waals surface area contributed by atoms with Gasteiger partial charge >= 0.3 is 0 Å². The van der Waals surface area contributed by atoms with Crippen LogP contribution in [0.5, 0.6) is 5.75 Å². The first-order valence-electron chi connectivity index (χ1n) is 9.92. The average molecular weight is 406 g/mol. The Morgan fingerprint density at radius 2 is 1.63 bits per heavy atom. The van der Waals surface area contributed by atoms with Crippen molar-refractivity contribution in [3.8, 4) is 5.75 Å². The lowest BCUT2D eigenvalue weighted by Crippen LogP contribution is -2.25. The van der Waals surface area contributed by atoms with Gasteiger partial charge in [0.1, 0.15) is 5.75 Å². The zero-order valence-corrected chi connectivity index (χ0v) is 17.1. The molecule has 1 unspecified atom stereocenters. The highest BCUT2D eigenvalue weighted by Gasteiger charge is 2.34. The molecule has 156 valence electrons. The number of nitrogens with one attached hydrogen (secondary N) is 1. The fourth-order valence-electron chi connectivity index (χ4n) is 3.94. The highest BCUT2D eigenvalue weighted by Crippen LogP contribution is 2.38. The molecule has 2 aromatic carbocycles. The number of Topliss-reactive ketones (excluding diaryl/α,β-unsaturated/α-hetero) is 2. The third-order valence-electron chi connectivity index (χ3n) is 5.53. The maximum atomic E-state index is 13.4. The molecule has 0 saturated heterocycles. The molecule has 0 aliphatic heterocycles. The molecule has 2 aromatic rings. The Morgan fingerprint density at radius 3 is 2.23 bits per heavy atom. The summed E-state index contributed by atoms with van der Waals surface area (Å²) in [6.07, 6.45) is 1.86. The number of ketones is 2. The molecule has 3 rings (SSSR count). The quantitative estimate of drug-likeness (QED) is 0.519. The second-order valence-electron chi connectivity index (χ2n) is 7.34. The van der Waals surface area contributed by atoms with E-state index in [1.807, 2.05) is 24.3 Å². The summed E-state index contributed by atoms with van der Waals surface area (Å²) in [6.45, 7) is 1.70. The molecule has 1 aliphatic carbocycles. The molecule has 1 aliphatic rings. The van der Waals surface area contributed by atoms with E-state index < -0.39 is 5.91 Å². The van der Waals surface area contributed by atoms with E-state index in [0.717, 1.165) is 5.56 Å². The van der Waals surface area contributed by atoms with E-state index >= 15 is 0 Å². The lowest BCUT2D eigenvalue weighted by atomic mass is 9.75. The molecule has 0 bridgehead atoms. The minimum Gasteiger partial charge on any atom is -0.759 e. The Hall–Kier alpha value is -3.25. The summed E-state index contributed by atoms with van der Waals surface area (Å²) in [7, 11) is 1.58. The van der Waals surface area contributed by atoms with Crippen LogP contribution in [0.25, 0.3) is 0 Å². The highest BCUT2D eigenvalue weighted by molar-refractivity contribution is 6.27. The lowest BCUT2D eigenvalue weighted by molar-refractivity contribution is -0.120. The first-order chi connectivity index (χ1) is 14.5. The molecule has 6 heteroatoms. The number of rotatable bonds is 8. The maximum absolute atomic E-state index is 13.4. The number of unbranched alkanes of at least 4 members (excludes halogenated alkanes) is 1. The third-order valence-corrected chi connectivity index (χ3v) is 5.53. The van der Waals surface area contributed by atoms with Crippen molar-refractivity contribution in [2.24, 2.45) is 0 Å². The number of ether oxygens (including phenoxy) is 1. The normalized spacial score (nSPS) is 14.4. The van der Waals surface area contributed by atoms with E-state index in [1.165, 1.54) is 5.48 Å². The standard InChI is InChI=1S/C24H24NO5/c1-15-22(24(28)20-9-4-3-8-19(20)23(15)27)18(7-5-6-10-21(26)25-29)16-11-13-17(30-2)14-12-16/h3-4,8-9,11-14,18H,5-7,10H2,1-2H3,(H-,25,26,27,28,29)/q-1. The van der Waals surface area contributed by atoms with Crippen molar-refractivity contribution >= 4 is 17.5 Å². The molecule has 0 radical (unpaired) electrons. The number of carbonyl (C=O) groups is 3. The van der Waals surface area contributed by atoms with E-state index in [9.17, 15) is 19.6 Å². The van der Waals surface area contributed by atoms with Crippen LogP contribution in [0.2, 0.25) is 0 Å². The topological polar surface area (TPSA) is 95.5 Å². The van der Waals surface area contributed by atoms with Gasteiger partial charge in [0.05, 0.1) is 7.11 Å². The molecule has 1 amide bonds. The molecule has 0 fully saturated rings. The summed E-state index contributed by atoms with van der Waals surface area (Å²) in [4.78, 5) is 37.5. The van der Waals surface area contributed by atoms with Crippen molar-refractivity contribution in [3.05, 3.63) is 81.6 Å². The van der Waals surface area contributed by atoms with Crippen LogP contribution in [0, 0.1) is 5.21 Å². The molecule has 1 N–H and O–H groups in total. The maximum Gasteiger partial charge on any atom is 0.209 e. The smallest absolute Gasteiger partial charge is 0.209 e. The number of fused-ring (bicyclic) bond motifs is 1. The van der Waals surface area contributed by atoms with Gasteiger partial charge in [0.25, 0.3) is 0 Å². The van der Waals surface area contributed by atoms with Crippen molar-refractivity contribution < 1.29 is 19.1 Å². The summed E-state index contributed by atoms with van der Waals surface area (Å²) in [5.74, 6) is -0.419. The average Bonchev–Trinajstić information content (AvgIpc) is 2.79. The van der Waals surface area contributed by atoms with Gasteiger partial charge in [0, 0.05) is 34.6 Å². The van der Waals surface area contributed by atoms with Gasteiger partial charge in [0.15, 0.2) is 11.6 Å². The largest absolute Gasteiger partial charge is 0.759 e. The molecule has 6 nitrogen and oxygen atoms in total. The molecule has 0 saturated carbocycles. The molecule has 1 atom stereocenters. The Balaban J connectivity index is 1.96. The predicted molar refractivity (Wildman–Crippen MR) is 114 cm³/mol. The van der Waals surface area contributed by atoms with E-state index in [2.05, 4.69) is 0 Å². The number of hydroxylamine groups is 1. The number of hydrogen-bond donors (Lipinski definition) is 1. The van der Waals surface area contributed by atoms with Crippen LogP contribution in [-0.2, 0) is 4.79 Å². The van der Waals surface area contributed by atoms with Crippen molar-refractivity contribution in [1.82, 2.24) is 5.48 Å².